The molecule has 0 radical (unpaired) electrons. The Morgan fingerprint density at radius 2 is 1.76 bits per heavy atom. The van der Waals surface area contributed by atoms with Gasteiger partial charge in [0.1, 0.15) is 0 Å². The van der Waals surface area contributed by atoms with Gasteiger partial charge in [0.05, 0.1) is 22.8 Å². The summed E-state index contributed by atoms with van der Waals surface area (Å²) in [5, 5.41) is 5.56. The summed E-state index contributed by atoms with van der Waals surface area (Å²) in [4.78, 5) is 23.9. The van der Waals surface area contributed by atoms with Crippen LogP contribution >= 0.6 is 15.9 Å². The molecule has 3 aromatic rings. The third kappa shape index (κ3) is 4.42. The summed E-state index contributed by atoms with van der Waals surface area (Å²) in [7, 11) is 0. The SMILES string of the molecule is CC.CC.Cc1ccc2c(=O)n(-c3cccc(Br)c3C=O)ncc2c1. The summed E-state index contributed by atoms with van der Waals surface area (Å²) < 4.78 is 1.89. The predicted molar refractivity (Wildman–Crippen MR) is 108 cm³/mol. The van der Waals surface area contributed by atoms with E-state index in [-0.39, 0.29) is 5.56 Å². The molecule has 0 spiro atoms. The van der Waals surface area contributed by atoms with E-state index >= 15 is 0 Å². The fourth-order valence-corrected chi connectivity index (χ4v) is 2.72. The van der Waals surface area contributed by atoms with Crippen LogP contribution in [0.1, 0.15) is 43.6 Å². The molecule has 0 amide bonds. The van der Waals surface area contributed by atoms with Gasteiger partial charge in [-0.15, -0.1) is 0 Å². The van der Waals surface area contributed by atoms with Crippen LogP contribution in [0.5, 0.6) is 0 Å². The molecular weight excluding hydrogens is 380 g/mol. The average molecular weight is 403 g/mol. The van der Waals surface area contributed by atoms with Crippen LogP contribution in [0.2, 0.25) is 0 Å². The van der Waals surface area contributed by atoms with E-state index in [1.165, 1.54) is 4.68 Å². The second-order valence-electron chi connectivity index (χ2n) is 4.74. The van der Waals surface area contributed by atoms with Gasteiger partial charge in [-0.3, -0.25) is 9.59 Å². The molecule has 1 heterocycles. The number of aldehydes is 1. The summed E-state index contributed by atoms with van der Waals surface area (Å²) in [5.41, 5.74) is 1.69. The molecule has 0 atom stereocenters. The molecular formula is C20H23BrN2O2. The fraction of sp³-hybridized carbons (Fsp3) is 0.250. The Bertz CT molecular complexity index is 917. The minimum atomic E-state index is -0.242. The first-order valence-electron chi connectivity index (χ1n) is 8.34. The zero-order chi connectivity index (χ0) is 19.0. The minimum absolute atomic E-state index is 0.242. The van der Waals surface area contributed by atoms with Gasteiger partial charge >= 0.3 is 0 Å². The number of rotatable bonds is 2. The lowest BCUT2D eigenvalue weighted by Crippen LogP contribution is -2.22. The number of carbonyl (C=O) groups excluding carboxylic acids is 1. The lowest BCUT2D eigenvalue weighted by molar-refractivity contribution is 0.112. The first-order chi connectivity index (χ1) is 12.1. The van der Waals surface area contributed by atoms with Crippen molar-refractivity contribution in [3.63, 3.8) is 0 Å². The summed E-state index contributed by atoms with van der Waals surface area (Å²) in [6.07, 6.45) is 2.35. The van der Waals surface area contributed by atoms with Crippen LogP contribution in [-0.4, -0.2) is 16.1 Å². The molecule has 3 rings (SSSR count). The summed E-state index contributed by atoms with van der Waals surface area (Å²) in [6.45, 7) is 9.96. The maximum atomic E-state index is 12.6. The van der Waals surface area contributed by atoms with E-state index in [9.17, 15) is 9.59 Å². The van der Waals surface area contributed by atoms with Crippen molar-refractivity contribution in [3.8, 4) is 5.69 Å². The van der Waals surface area contributed by atoms with E-state index < -0.39 is 0 Å². The van der Waals surface area contributed by atoms with Gasteiger partial charge in [-0.25, -0.2) is 0 Å². The summed E-state index contributed by atoms with van der Waals surface area (Å²) >= 11 is 3.31. The Balaban J connectivity index is 0.000000730. The molecule has 0 saturated heterocycles. The fourth-order valence-electron chi connectivity index (χ4n) is 2.27. The molecule has 0 fully saturated rings. The predicted octanol–water partition coefficient (Wildman–Crippen LogP) is 5.32. The summed E-state index contributed by atoms with van der Waals surface area (Å²) in [6, 6.07) is 10.8. The van der Waals surface area contributed by atoms with Gasteiger partial charge < -0.3 is 0 Å². The molecule has 0 aliphatic rings. The van der Waals surface area contributed by atoms with Gasteiger partial charge in [0, 0.05) is 9.86 Å². The smallest absolute Gasteiger partial charge is 0.279 e. The number of aryl methyl sites for hydroxylation is 1. The van der Waals surface area contributed by atoms with Crippen LogP contribution in [0.3, 0.4) is 0 Å². The number of fused-ring (bicyclic) bond motifs is 1. The molecule has 0 N–H and O–H groups in total. The van der Waals surface area contributed by atoms with Crippen molar-refractivity contribution in [2.75, 3.05) is 0 Å². The number of carbonyl (C=O) groups is 1. The minimum Gasteiger partial charge on any atom is -0.298 e. The van der Waals surface area contributed by atoms with E-state index in [0.29, 0.717) is 27.4 Å². The van der Waals surface area contributed by atoms with E-state index in [4.69, 9.17) is 0 Å². The molecule has 2 aromatic carbocycles. The lowest BCUT2D eigenvalue weighted by atomic mass is 10.1. The highest BCUT2D eigenvalue weighted by Crippen LogP contribution is 2.21. The Kier molecular flexibility index (Phi) is 8.22. The second-order valence-corrected chi connectivity index (χ2v) is 5.60. The number of hydrogen-bond donors (Lipinski definition) is 0. The molecule has 1 aromatic heterocycles. The summed E-state index contributed by atoms with van der Waals surface area (Å²) in [5.74, 6) is 0. The van der Waals surface area contributed by atoms with Crippen molar-refractivity contribution >= 4 is 33.0 Å². The first kappa shape index (κ1) is 20.8. The molecule has 5 heteroatoms. The number of benzene rings is 2. The maximum absolute atomic E-state index is 12.6. The second kappa shape index (κ2) is 9.89. The van der Waals surface area contributed by atoms with E-state index in [0.717, 1.165) is 10.9 Å². The maximum Gasteiger partial charge on any atom is 0.279 e. The zero-order valence-electron chi connectivity index (χ0n) is 15.2. The molecule has 132 valence electrons. The highest BCUT2D eigenvalue weighted by Gasteiger charge is 2.12. The van der Waals surface area contributed by atoms with Crippen molar-refractivity contribution < 1.29 is 4.79 Å². The zero-order valence-corrected chi connectivity index (χ0v) is 16.8. The molecule has 25 heavy (non-hydrogen) atoms. The van der Waals surface area contributed by atoms with Gasteiger partial charge in [-0.05, 0) is 47.1 Å². The Morgan fingerprint density at radius 1 is 1.08 bits per heavy atom. The molecule has 0 bridgehead atoms. The van der Waals surface area contributed by atoms with E-state index in [1.54, 1.807) is 30.5 Å². The first-order valence-corrected chi connectivity index (χ1v) is 9.14. The monoisotopic (exact) mass is 402 g/mol. The van der Waals surface area contributed by atoms with Gasteiger partial charge in [0.2, 0.25) is 0 Å². The lowest BCUT2D eigenvalue weighted by Gasteiger charge is -2.09. The normalized spacial score (nSPS) is 9.52. The molecule has 0 unspecified atom stereocenters. The van der Waals surface area contributed by atoms with Crippen LogP contribution in [-0.2, 0) is 0 Å². The Morgan fingerprint density at radius 3 is 2.40 bits per heavy atom. The van der Waals surface area contributed by atoms with Gasteiger partial charge in [0.25, 0.3) is 5.56 Å². The number of aromatic nitrogens is 2. The van der Waals surface area contributed by atoms with Crippen molar-refractivity contribution in [1.82, 2.24) is 9.78 Å². The van der Waals surface area contributed by atoms with Crippen LogP contribution < -0.4 is 5.56 Å². The Hall–Kier alpha value is -2.27. The highest BCUT2D eigenvalue weighted by atomic mass is 79.9. The topological polar surface area (TPSA) is 52.0 Å². The van der Waals surface area contributed by atoms with Gasteiger partial charge in [0.15, 0.2) is 6.29 Å². The number of hydrogen-bond acceptors (Lipinski definition) is 3. The van der Waals surface area contributed by atoms with Crippen LogP contribution in [0, 0.1) is 6.92 Å². The molecule has 0 saturated carbocycles. The van der Waals surface area contributed by atoms with E-state index in [2.05, 4.69) is 21.0 Å². The number of halogens is 1. The van der Waals surface area contributed by atoms with Gasteiger partial charge in [-0.2, -0.15) is 9.78 Å². The van der Waals surface area contributed by atoms with E-state index in [1.807, 2.05) is 46.8 Å². The van der Waals surface area contributed by atoms with Gasteiger partial charge in [-0.1, -0.05) is 45.4 Å². The molecule has 0 aliphatic carbocycles. The van der Waals surface area contributed by atoms with Crippen LogP contribution in [0.25, 0.3) is 16.5 Å². The number of nitrogens with zero attached hydrogens (tertiary/aromatic N) is 2. The molecule has 4 nitrogen and oxygen atoms in total. The average Bonchev–Trinajstić information content (AvgIpc) is 2.65. The molecule has 0 aliphatic heterocycles. The standard InChI is InChI=1S/C16H11BrN2O2.2C2H6/c1-10-5-6-12-11(7-10)8-18-19(16(12)21)15-4-2-3-14(17)13(15)9-20;2*1-2/h2-9H,1H3;2*1-2H3. The van der Waals surface area contributed by atoms with Crippen LogP contribution in [0.4, 0.5) is 0 Å². The van der Waals surface area contributed by atoms with Crippen molar-refractivity contribution in [1.29, 1.82) is 0 Å². The highest BCUT2D eigenvalue weighted by molar-refractivity contribution is 9.10. The van der Waals surface area contributed by atoms with Crippen LogP contribution in [0.15, 0.2) is 51.9 Å². The Labute approximate surface area is 156 Å². The largest absolute Gasteiger partial charge is 0.298 e. The van der Waals surface area contributed by atoms with Crippen molar-refractivity contribution in [2.24, 2.45) is 0 Å². The van der Waals surface area contributed by atoms with Crippen molar-refractivity contribution in [3.05, 3.63) is 68.5 Å². The quantitative estimate of drug-likeness (QED) is 0.544. The third-order valence-electron chi connectivity index (χ3n) is 3.32. The van der Waals surface area contributed by atoms with Crippen molar-refractivity contribution in [2.45, 2.75) is 34.6 Å². The third-order valence-corrected chi connectivity index (χ3v) is 4.01.